The maximum Gasteiger partial charge on any atom is 0.317 e. The summed E-state index contributed by atoms with van der Waals surface area (Å²) < 4.78 is 0. The van der Waals surface area contributed by atoms with Crippen LogP contribution in [0.2, 0.25) is 0 Å². The summed E-state index contributed by atoms with van der Waals surface area (Å²) in [6.07, 6.45) is 5.23. The lowest BCUT2D eigenvalue weighted by molar-refractivity contribution is -0.385. The highest BCUT2D eigenvalue weighted by Crippen LogP contribution is 2.23. The number of thioether (sulfide) groups is 1. The molecule has 6 atom stereocenters. The van der Waals surface area contributed by atoms with Crippen molar-refractivity contribution in [2.75, 3.05) is 97.1 Å². The predicted octanol–water partition coefficient (Wildman–Crippen LogP) is -2.79. The van der Waals surface area contributed by atoms with E-state index in [9.17, 15) is 92.6 Å². The number of primary amides is 2. The second-order valence-corrected chi connectivity index (χ2v) is 27.0. The molecule has 0 spiro atoms. The number of carbonyl (C=O) groups excluding carboxylic acids is 11. The van der Waals surface area contributed by atoms with Gasteiger partial charge in [-0.2, -0.15) is 11.8 Å². The number of aromatic nitrogens is 3. The van der Waals surface area contributed by atoms with Gasteiger partial charge in [0.1, 0.15) is 42.0 Å². The lowest BCUT2D eigenvalue weighted by Crippen LogP contribution is -2.57. The molecule has 2 aromatic carbocycles. The number of aromatic amines is 2. The summed E-state index contributed by atoms with van der Waals surface area (Å²) in [4.78, 5) is 217. The number of fused-ring (bicyclic) bond motifs is 1. The molecular weight excluding hydrogens is 1410 g/mol. The molecule has 578 valence electrons. The number of nitro benzene ring substituents is 1. The minimum absolute atomic E-state index is 0.0695. The van der Waals surface area contributed by atoms with E-state index in [1.54, 1.807) is 50.1 Å². The van der Waals surface area contributed by atoms with Crippen LogP contribution in [0.3, 0.4) is 0 Å². The van der Waals surface area contributed by atoms with Crippen molar-refractivity contribution < 1.29 is 87.4 Å². The first-order chi connectivity index (χ1) is 50.2. The number of hydrogen-bond acceptors (Lipinski definition) is 22. The van der Waals surface area contributed by atoms with Crippen LogP contribution in [0.4, 0.5) is 5.69 Å². The van der Waals surface area contributed by atoms with Crippen molar-refractivity contribution in [2.45, 2.75) is 116 Å². The van der Waals surface area contributed by atoms with Gasteiger partial charge in [0.15, 0.2) is 0 Å². The molecule has 3 heterocycles. The lowest BCUT2D eigenvalue weighted by Gasteiger charge is -2.32. The van der Waals surface area contributed by atoms with Crippen molar-refractivity contribution >= 4 is 117 Å². The van der Waals surface area contributed by atoms with Crippen molar-refractivity contribution in [3.05, 3.63) is 93.7 Å². The minimum Gasteiger partial charge on any atom is -0.480 e. The van der Waals surface area contributed by atoms with Gasteiger partial charge in [0.2, 0.25) is 47.3 Å². The number of hydrogen-bond donors (Lipinski definition) is 15. The first-order valence-electron chi connectivity index (χ1n) is 34.1. The number of carboxylic acids is 3. The van der Waals surface area contributed by atoms with Gasteiger partial charge in [0.25, 0.3) is 23.4 Å². The number of para-hydroxylation sites is 1. The summed E-state index contributed by atoms with van der Waals surface area (Å²) in [5, 5.41) is 62.3. The number of aliphatic carboxylic acids is 3. The van der Waals surface area contributed by atoms with E-state index in [1.807, 2.05) is 20.1 Å². The second-order valence-electron chi connectivity index (χ2n) is 26.0. The molecule has 0 radical (unpaired) electrons. The molecule has 0 saturated carbocycles. The number of amides is 11. The van der Waals surface area contributed by atoms with Gasteiger partial charge >= 0.3 is 17.9 Å². The van der Waals surface area contributed by atoms with Crippen molar-refractivity contribution in [1.29, 1.82) is 0 Å². The van der Waals surface area contributed by atoms with Crippen LogP contribution < -0.4 is 54.0 Å². The van der Waals surface area contributed by atoms with Gasteiger partial charge in [0.05, 0.1) is 49.7 Å². The van der Waals surface area contributed by atoms with Crippen LogP contribution in [0.1, 0.15) is 87.5 Å². The van der Waals surface area contributed by atoms with E-state index in [0.717, 1.165) is 6.07 Å². The van der Waals surface area contributed by atoms with Crippen molar-refractivity contribution in [3.8, 4) is 0 Å². The molecular formula is C67H95N19O19S. The zero-order valence-electron chi connectivity index (χ0n) is 59.8. The minimum atomic E-state index is -1.66. The second kappa shape index (κ2) is 42.9. The number of rotatable bonds is 40. The van der Waals surface area contributed by atoms with Gasteiger partial charge in [-0.15, -0.1) is 0 Å². The SMILES string of the molecule is CSCC[C@H](NC(=O)[C@H](CC(C)C)NC(=O)[C@H](Cc1c[nH]cn1)NC(=O)CNC(=O)/C(=N/C(=O)[C@H](C)NC(=O)[C@H](Cc1c[nH]c2ccccc12)NC(=O)[C@H](CCC(N)=O)NC(=O)c1ccc(CNC(=O)CN2CCN(CC(=O)O)CCN(CC(=O)O)CCN(CC(=O)O)CC2)c([N+](=O)[O-])c1)C(C)C)C(N)=O. The third-order valence-corrected chi connectivity index (χ3v) is 17.5. The Hall–Kier alpha value is -10.8. The Morgan fingerprint density at radius 2 is 1.18 bits per heavy atom. The van der Waals surface area contributed by atoms with E-state index in [1.165, 1.54) is 57.2 Å². The Balaban J connectivity index is 1.30. The molecule has 11 amide bonds. The van der Waals surface area contributed by atoms with Crippen LogP contribution in [0.25, 0.3) is 10.9 Å². The van der Waals surface area contributed by atoms with Crippen LogP contribution >= 0.6 is 11.8 Å². The molecule has 17 N–H and O–H groups in total. The first kappa shape index (κ1) is 85.9. The number of benzene rings is 2. The molecule has 0 unspecified atom stereocenters. The topological polar surface area (TPSA) is 561 Å². The van der Waals surface area contributed by atoms with Crippen molar-refractivity contribution in [2.24, 2.45) is 28.3 Å². The summed E-state index contributed by atoms with van der Waals surface area (Å²) in [6, 6.07) is 1.94. The van der Waals surface area contributed by atoms with E-state index in [0.29, 0.717) is 27.9 Å². The molecule has 38 nitrogen and oxygen atoms in total. The fourth-order valence-corrected chi connectivity index (χ4v) is 11.7. The van der Waals surface area contributed by atoms with Gasteiger partial charge in [0, 0.05) is 125 Å². The zero-order valence-corrected chi connectivity index (χ0v) is 60.6. The quantitative estimate of drug-likeness (QED) is 0.0122. The van der Waals surface area contributed by atoms with Crippen molar-refractivity contribution in [1.82, 2.24) is 77.1 Å². The molecule has 2 aromatic heterocycles. The highest BCUT2D eigenvalue weighted by molar-refractivity contribution is 7.98. The van der Waals surface area contributed by atoms with Crippen LogP contribution in [-0.2, 0) is 81.7 Å². The van der Waals surface area contributed by atoms with E-state index >= 15 is 0 Å². The molecule has 0 bridgehead atoms. The zero-order chi connectivity index (χ0) is 78.3. The standard InChI is InChI=1S/C67H95N19O19S/c1-38(2)25-49(65(101)77-47(60(69)96)15-24-106-6)79-66(102)51(28-44-31-70-37-74-44)76-54(88)32-73-67(103)59(39(3)4)81-61(97)40(5)75-64(100)50(26-43-30-71-46-10-8-7-9-45(43)46)80-63(99)48(13-14-53(68)87)78-62(98)41-11-12-42(52(27-41)86(104)105)29-72-55(89)33-82-16-18-83(34-56(90)91)20-22-85(36-58(94)95)23-21-84(19-17-82)35-57(92)93/h7-12,27,30-31,37-40,47-51,71H,13-26,28-29,32-36H2,1-6H3,(H2,68,87)(H2,69,96)(H,70,74)(H,72,89)(H,73,103)(H,75,100)(H,76,88)(H,77,101)(H,78,98)(H,79,102)(H,80,99)(H,90,91)(H,92,93)(H,94,95)/b81-59+/t40-,47-,48-,49-,50-,51-/m0/s1. The summed E-state index contributed by atoms with van der Waals surface area (Å²) in [6.45, 7) is 6.21. The molecule has 1 aliphatic heterocycles. The Labute approximate surface area is 614 Å². The Morgan fingerprint density at radius 1 is 0.632 bits per heavy atom. The number of nitrogens with zero attached hydrogens (tertiary/aromatic N) is 7. The van der Waals surface area contributed by atoms with Gasteiger partial charge in [-0.3, -0.25) is 96.8 Å². The third-order valence-electron chi connectivity index (χ3n) is 16.8. The van der Waals surface area contributed by atoms with Crippen LogP contribution in [-0.4, -0.2) is 277 Å². The monoisotopic (exact) mass is 1500 g/mol. The Kier molecular flexibility index (Phi) is 34.7. The number of carbonyl (C=O) groups is 14. The number of aliphatic imine (C=N–C) groups is 1. The van der Waals surface area contributed by atoms with E-state index in [4.69, 9.17) is 11.5 Å². The molecule has 1 aliphatic rings. The number of carboxylic acid groups (broad SMARTS) is 3. The maximum atomic E-state index is 14.5. The number of H-pyrrole nitrogens is 2. The molecule has 39 heteroatoms. The average molecular weight is 1500 g/mol. The number of nitro groups is 1. The summed E-state index contributed by atoms with van der Waals surface area (Å²) in [7, 11) is 0. The Bertz CT molecular complexity index is 3780. The highest BCUT2D eigenvalue weighted by atomic mass is 32.2. The van der Waals surface area contributed by atoms with E-state index in [2.05, 4.69) is 62.5 Å². The number of nitrogens with two attached hydrogens (primary N) is 2. The molecule has 1 fully saturated rings. The molecule has 4 aromatic rings. The number of imidazole rings is 1. The maximum absolute atomic E-state index is 14.5. The van der Waals surface area contributed by atoms with Gasteiger partial charge < -0.3 is 79.3 Å². The molecule has 0 aliphatic carbocycles. The molecule has 5 rings (SSSR count). The van der Waals surface area contributed by atoms with E-state index < -0.39 is 175 Å². The van der Waals surface area contributed by atoms with Gasteiger partial charge in [-0.05, 0) is 67.9 Å². The fourth-order valence-electron chi connectivity index (χ4n) is 11.2. The first-order valence-corrected chi connectivity index (χ1v) is 35.5. The smallest absolute Gasteiger partial charge is 0.317 e. The van der Waals surface area contributed by atoms with Crippen molar-refractivity contribution in [3.63, 3.8) is 0 Å². The largest absolute Gasteiger partial charge is 0.480 e. The average Bonchev–Trinajstić information content (AvgIpc) is 1.57. The van der Waals surface area contributed by atoms with Crippen LogP contribution in [0.15, 0.2) is 66.2 Å². The summed E-state index contributed by atoms with van der Waals surface area (Å²) >= 11 is 1.44. The van der Waals surface area contributed by atoms with Crippen LogP contribution in [0.5, 0.6) is 0 Å². The highest BCUT2D eigenvalue weighted by Gasteiger charge is 2.34. The normalized spacial score (nSPS) is 15.4. The molecule has 106 heavy (non-hydrogen) atoms. The summed E-state index contributed by atoms with van der Waals surface area (Å²) in [5.74, 6) is -13.6. The third kappa shape index (κ3) is 29.4. The summed E-state index contributed by atoms with van der Waals surface area (Å²) in [5.41, 5.74) is 11.1. The number of nitrogens with one attached hydrogen (secondary N) is 10. The van der Waals surface area contributed by atoms with E-state index in [-0.39, 0.29) is 114 Å². The van der Waals surface area contributed by atoms with Gasteiger partial charge in [-0.25, -0.2) is 9.98 Å². The van der Waals surface area contributed by atoms with Crippen LogP contribution in [0, 0.1) is 22.0 Å². The Morgan fingerprint density at radius 3 is 1.72 bits per heavy atom. The lowest BCUT2D eigenvalue weighted by atomic mass is 10.0. The molecule has 1 saturated heterocycles. The van der Waals surface area contributed by atoms with Gasteiger partial charge in [-0.1, -0.05) is 45.9 Å². The fraction of sp³-hybridized carbons (Fsp3) is 0.522. The predicted molar refractivity (Wildman–Crippen MR) is 385 cm³/mol.